The molecule has 2 N–H and O–H groups in total. The molecule has 19 heavy (non-hydrogen) atoms. The first-order valence-electron chi connectivity index (χ1n) is 5.79. The Balaban J connectivity index is 2.15. The number of hydrogen-bond acceptors (Lipinski definition) is 4. The van der Waals surface area contributed by atoms with E-state index in [2.05, 4.69) is 10.2 Å². The maximum absolute atomic E-state index is 6.14. The molecule has 0 radical (unpaired) electrons. The summed E-state index contributed by atoms with van der Waals surface area (Å²) in [5.41, 5.74) is 6.50. The molecule has 0 fully saturated rings. The Labute approximate surface area is 126 Å². The highest BCUT2D eigenvalue weighted by atomic mass is 35.5. The van der Waals surface area contributed by atoms with Crippen molar-refractivity contribution < 1.29 is 0 Å². The molecule has 0 bridgehead atoms. The molecule has 2 rings (SSSR count). The van der Waals surface area contributed by atoms with Crippen LogP contribution in [0.15, 0.2) is 23.4 Å². The molecule has 0 aliphatic heterocycles. The second-order valence-electron chi connectivity index (χ2n) is 3.96. The molecule has 1 aromatic heterocycles. The Morgan fingerprint density at radius 1 is 1.26 bits per heavy atom. The molecular weight excluding hydrogens is 303 g/mol. The third kappa shape index (κ3) is 3.42. The molecular formula is C12H14Cl2N4S. The molecule has 1 heterocycles. The van der Waals surface area contributed by atoms with Crippen LogP contribution in [-0.4, -0.2) is 21.3 Å². The van der Waals surface area contributed by atoms with Crippen LogP contribution in [0.25, 0.3) is 0 Å². The Morgan fingerprint density at radius 2 is 1.95 bits per heavy atom. The quantitative estimate of drug-likeness (QED) is 0.861. The van der Waals surface area contributed by atoms with E-state index in [0.29, 0.717) is 28.9 Å². The van der Waals surface area contributed by atoms with Crippen molar-refractivity contribution in [1.82, 2.24) is 14.8 Å². The average molecular weight is 317 g/mol. The zero-order valence-corrected chi connectivity index (χ0v) is 12.8. The zero-order valence-electron chi connectivity index (χ0n) is 10.4. The highest BCUT2D eigenvalue weighted by molar-refractivity contribution is 7.98. The van der Waals surface area contributed by atoms with Crippen LogP contribution >= 0.6 is 35.0 Å². The second kappa shape index (κ2) is 6.61. The Kier molecular flexibility index (Phi) is 5.10. The predicted octanol–water partition coefficient (Wildman–Crippen LogP) is 3.14. The van der Waals surface area contributed by atoms with Crippen LogP contribution in [-0.2, 0) is 12.3 Å². The summed E-state index contributed by atoms with van der Waals surface area (Å²) in [6, 6.07) is 5.50. The fourth-order valence-electron chi connectivity index (χ4n) is 1.66. The first-order chi connectivity index (χ1) is 9.13. The summed E-state index contributed by atoms with van der Waals surface area (Å²) >= 11 is 13.8. The molecule has 0 amide bonds. The van der Waals surface area contributed by atoms with E-state index in [9.17, 15) is 0 Å². The summed E-state index contributed by atoms with van der Waals surface area (Å²) in [5, 5.41) is 10.4. The Morgan fingerprint density at radius 3 is 2.58 bits per heavy atom. The molecule has 0 unspecified atom stereocenters. The van der Waals surface area contributed by atoms with Crippen molar-refractivity contribution in [3.05, 3.63) is 39.6 Å². The van der Waals surface area contributed by atoms with E-state index in [0.717, 1.165) is 16.5 Å². The zero-order chi connectivity index (χ0) is 13.8. The van der Waals surface area contributed by atoms with Crippen LogP contribution in [0.4, 0.5) is 0 Å². The lowest BCUT2D eigenvalue weighted by Crippen LogP contribution is -2.12. The van der Waals surface area contributed by atoms with Gasteiger partial charge in [0.1, 0.15) is 5.82 Å². The number of hydrogen-bond donors (Lipinski definition) is 1. The highest BCUT2D eigenvalue weighted by Crippen LogP contribution is 2.30. The lowest BCUT2D eigenvalue weighted by Gasteiger charge is -2.08. The van der Waals surface area contributed by atoms with E-state index in [-0.39, 0.29) is 0 Å². The van der Waals surface area contributed by atoms with E-state index < -0.39 is 0 Å². The molecule has 2 aromatic rings. The summed E-state index contributed by atoms with van der Waals surface area (Å²) < 4.78 is 2.00. The van der Waals surface area contributed by atoms with Crippen molar-refractivity contribution in [1.29, 1.82) is 0 Å². The Bertz CT molecular complexity index is 551. The fraction of sp³-hybridized carbons (Fsp3) is 0.333. The van der Waals surface area contributed by atoms with Crippen molar-refractivity contribution in [2.24, 2.45) is 5.73 Å². The number of aromatic nitrogens is 3. The van der Waals surface area contributed by atoms with Gasteiger partial charge in [0.15, 0.2) is 5.16 Å². The first-order valence-corrected chi connectivity index (χ1v) is 7.53. The van der Waals surface area contributed by atoms with Gasteiger partial charge in [-0.25, -0.2) is 0 Å². The second-order valence-corrected chi connectivity index (χ2v) is 5.72. The number of rotatable bonds is 5. The standard InChI is InChI=1S/C12H14Cl2N4S/c1-8-16-17-12(18(8)6-5-15)19-7-9-10(13)3-2-4-11(9)14/h2-4H,5-7,15H2,1H3. The molecule has 1 aromatic carbocycles. The van der Waals surface area contributed by atoms with Crippen molar-refractivity contribution in [3.8, 4) is 0 Å². The van der Waals surface area contributed by atoms with E-state index in [1.54, 1.807) is 11.8 Å². The maximum Gasteiger partial charge on any atom is 0.191 e. The van der Waals surface area contributed by atoms with Gasteiger partial charge in [0.05, 0.1) is 0 Å². The first kappa shape index (κ1) is 14.7. The monoisotopic (exact) mass is 316 g/mol. The minimum absolute atomic E-state index is 0.555. The number of nitrogens with zero attached hydrogens (tertiary/aromatic N) is 3. The van der Waals surface area contributed by atoms with Gasteiger partial charge in [0.2, 0.25) is 0 Å². The molecule has 102 valence electrons. The van der Waals surface area contributed by atoms with Crippen molar-refractivity contribution in [2.75, 3.05) is 6.54 Å². The smallest absolute Gasteiger partial charge is 0.191 e. The van der Waals surface area contributed by atoms with Gasteiger partial charge in [-0.15, -0.1) is 10.2 Å². The van der Waals surface area contributed by atoms with Gasteiger partial charge in [-0.1, -0.05) is 41.0 Å². The SMILES string of the molecule is Cc1nnc(SCc2c(Cl)cccc2Cl)n1CCN. The van der Waals surface area contributed by atoms with Crippen molar-refractivity contribution in [2.45, 2.75) is 24.4 Å². The highest BCUT2D eigenvalue weighted by Gasteiger charge is 2.11. The van der Waals surface area contributed by atoms with E-state index in [4.69, 9.17) is 28.9 Å². The molecule has 0 saturated heterocycles. The third-order valence-electron chi connectivity index (χ3n) is 2.66. The maximum atomic E-state index is 6.14. The molecule has 0 spiro atoms. The molecule has 0 saturated carbocycles. The van der Waals surface area contributed by atoms with Gasteiger partial charge in [-0.2, -0.15) is 0 Å². The van der Waals surface area contributed by atoms with Gasteiger partial charge in [-0.05, 0) is 24.6 Å². The van der Waals surface area contributed by atoms with Crippen molar-refractivity contribution in [3.63, 3.8) is 0 Å². The van der Waals surface area contributed by atoms with Gasteiger partial charge in [-0.3, -0.25) is 0 Å². The fourth-order valence-corrected chi connectivity index (χ4v) is 3.41. The van der Waals surface area contributed by atoms with Gasteiger partial charge >= 0.3 is 0 Å². The van der Waals surface area contributed by atoms with E-state index in [1.165, 1.54) is 0 Å². The minimum Gasteiger partial charge on any atom is -0.329 e. The minimum atomic E-state index is 0.555. The lowest BCUT2D eigenvalue weighted by atomic mass is 10.2. The van der Waals surface area contributed by atoms with Crippen LogP contribution in [0.3, 0.4) is 0 Å². The number of nitrogens with two attached hydrogens (primary N) is 1. The summed E-state index contributed by atoms with van der Waals surface area (Å²) in [7, 11) is 0. The number of benzene rings is 1. The summed E-state index contributed by atoms with van der Waals surface area (Å²) in [4.78, 5) is 0. The molecule has 0 aliphatic carbocycles. The summed E-state index contributed by atoms with van der Waals surface area (Å²) in [6.45, 7) is 3.17. The van der Waals surface area contributed by atoms with E-state index >= 15 is 0 Å². The topological polar surface area (TPSA) is 56.7 Å². The number of aryl methyl sites for hydroxylation is 1. The van der Waals surface area contributed by atoms with Gasteiger partial charge in [0, 0.05) is 28.9 Å². The third-order valence-corrected chi connectivity index (χ3v) is 4.36. The van der Waals surface area contributed by atoms with Crippen LogP contribution < -0.4 is 5.73 Å². The number of halogens is 2. The van der Waals surface area contributed by atoms with Crippen LogP contribution in [0.2, 0.25) is 10.0 Å². The molecule has 0 aliphatic rings. The normalized spacial score (nSPS) is 10.9. The predicted molar refractivity (Wildman–Crippen MR) is 79.8 cm³/mol. The van der Waals surface area contributed by atoms with Gasteiger partial charge in [0.25, 0.3) is 0 Å². The largest absolute Gasteiger partial charge is 0.329 e. The lowest BCUT2D eigenvalue weighted by molar-refractivity contribution is 0.627. The van der Waals surface area contributed by atoms with Gasteiger partial charge < -0.3 is 10.3 Å². The van der Waals surface area contributed by atoms with Crippen LogP contribution in [0.1, 0.15) is 11.4 Å². The van der Waals surface area contributed by atoms with E-state index in [1.807, 2.05) is 29.7 Å². The van der Waals surface area contributed by atoms with Crippen LogP contribution in [0.5, 0.6) is 0 Å². The molecule has 0 atom stereocenters. The summed E-state index contributed by atoms with van der Waals surface area (Å²) in [6.07, 6.45) is 0. The van der Waals surface area contributed by atoms with Crippen LogP contribution in [0, 0.1) is 6.92 Å². The summed E-state index contributed by atoms with van der Waals surface area (Å²) in [5.74, 6) is 1.51. The molecule has 4 nitrogen and oxygen atoms in total. The average Bonchev–Trinajstić information content (AvgIpc) is 2.71. The number of thioether (sulfide) groups is 1. The Hall–Kier alpha value is -0.750. The molecule has 7 heteroatoms. The van der Waals surface area contributed by atoms with Crippen molar-refractivity contribution >= 4 is 35.0 Å².